The van der Waals surface area contributed by atoms with Gasteiger partial charge < -0.3 is 15.1 Å². The average Bonchev–Trinajstić information content (AvgIpc) is 3.15. The Bertz CT molecular complexity index is 634. The van der Waals surface area contributed by atoms with Crippen LogP contribution in [0.1, 0.15) is 35.5 Å². The molecule has 0 saturated carbocycles. The van der Waals surface area contributed by atoms with Crippen molar-refractivity contribution in [1.29, 1.82) is 0 Å². The highest BCUT2D eigenvalue weighted by atomic mass is 32.1. The second kappa shape index (κ2) is 5.99. The minimum Gasteiger partial charge on any atom is -0.459 e. The summed E-state index contributed by atoms with van der Waals surface area (Å²) in [7, 11) is 0. The fourth-order valence-electron chi connectivity index (χ4n) is 2.69. The van der Waals surface area contributed by atoms with E-state index in [1.54, 1.807) is 5.38 Å². The topological polar surface area (TPSA) is 72.4 Å². The maximum absolute atomic E-state index is 12.6. The first-order chi connectivity index (χ1) is 10.2. The molecule has 1 saturated heterocycles. The molecule has 3 heterocycles. The lowest BCUT2D eigenvalue weighted by atomic mass is 10.0. The summed E-state index contributed by atoms with van der Waals surface area (Å²) in [5.74, 6) is 1.54. The van der Waals surface area contributed by atoms with Gasteiger partial charge >= 0.3 is 0 Å². The van der Waals surface area contributed by atoms with Crippen molar-refractivity contribution in [2.75, 3.05) is 13.1 Å². The van der Waals surface area contributed by atoms with Crippen LogP contribution in [0, 0.1) is 6.92 Å². The number of aromatic nitrogens is 1. The molecule has 0 aromatic carbocycles. The molecule has 2 aromatic rings. The van der Waals surface area contributed by atoms with Gasteiger partial charge in [0, 0.05) is 24.5 Å². The molecule has 1 amide bonds. The van der Waals surface area contributed by atoms with Crippen molar-refractivity contribution in [1.82, 2.24) is 9.88 Å². The summed E-state index contributed by atoms with van der Waals surface area (Å²) in [6.07, 6.45) is 3.16. The van der Waals surface area contributed by atoms with Crippen LogP contribution in [-0.2, 0) is 0 Å². The Kier molecular flexibility index (Phi) is 4.07. The number of hydrogen-bond donors (Lipinski definition) is 1. The Balaban J connectivity index is 1.80. The number of carbonyl (C=O) groups is 1. The molecule has 21 heavy (non-hydrogen) atoms. The van der Waals surface area contributed by atoms with Crippen molar-refractivity contribution in [2.45, 2.75) is 32.2 Å². The second-order valence-electron chi connectivity index (χ2n) is 5.33. The molecular formula is C15H19N3O2S. The lowest BCUT2D eigenvalue weighted by Crippen LogP contribution is -2.47. The van der Waals surface area contributed by atoms with E-state index in [1.165, 1.54) is 11.3 Å². The van der Waals surface area contributed by atoms with Gasteiger partial charge in [0.15, 0.2) is 10.8 Å². The molecule has 1 fully saturated rings. The van der Waals surface area contributed by atoms with Gasteiger partial charge in [0.1, 0.15) is 11.5 Å². The van der Waals surface area contributed by atoms with Crippen LogP contribution in [0.4, 0.5) is 0 Å². The molecule has 2 aromatic heterocycles. The third-order valence-electron chi connectivity index (χ3n) is 3.83. The van der Waals surface area contributed by atoms with E-state index in [0.717, 1.165) is 36.6 Å². The van der Waals surface area contributed by atoms with Gasteiger partial charge in [0.05, 0.1) is 0 Å². The minimum absolute atomic E-state index is 0.0177. The number of carbonyl (C=O) groups excluding carboxylic acids is 1. The summed E-state index contributed by atoms with van der Waals surface area (Å²) in [5, 5.41) is 2.55. The van der Waals surface area contributed by atoms with Gasteiger partial charge in [0.2, 0.25) is 0 Å². The van der Waals surface area contributed by atoms with Gasteiger partial charge in [-0.25, -0.2) is 4.98 Å². The molecule has 1 atom stereocenters. The number of likely N-dealkylation sites (tertiary alicyclic amines) is 1. The van der Waals surface area contributed by atoms with Gasteiger partial charge in [-0.3, -0.25) is 4.79 Å². The van der Waals surface area contributed by atoms with Crippen LogP contribution in [0.2, 0.25) is 0 Å². The Morgan fingerprint density at radius 3 is 3.10 bits per heavy atom. The molecule has 1 unspecified atom stereocenters. The maximum atomic E-state index is 12.6. The van der Waals surface area contributed by atoms with E-state index in [1.807, 2.05) is 24.0 Å². The molecule has 0 radical (unpaired) electrons. The van der Waals surface area contributed by atoms with Crippen molar-refractivity contribution >= 4 is 17.2 Å². The number of thiazole rings is 1. The first-order valence-corrected chi connectivity index (χ1v) is 8.10. The number of rotatable bonds is 3. The average molecular weight is 305 g/mol. The Labute approximate surface area is 127 Å². The number of hydrogen-bond acceptors (Lipinski definition) is 5. The van der Waals surface area contributed by atoms with Gasteiger partial charge in [-0.05, 0) is 38.3 Å². The van der Waals surface area contributed by atoms with Crippen LogP contribution in [0.15, 0.2) is 21.9 Å². The molecule has 3 rings (SSSR count). The Morgan fingerprint density at radius 1 is 1.52 bits per heavy atom. The SMILES string of the molecule is Cc1ccc(-c2nc(C(=O)N3CCCCC3CN)cs2)o1. The van der Waals surface area contributed by atoms with Crippen molar-refractivity contribution in [3.8, 4) is 10.8 Å². The monoisotopic (exact) mass is 305 g/mol. The fraction of sp³-hybridized carbons (Fsp3) is 0.467. The Hall–Kier alpha value is -1.66. The lowest BCUT2D eigenvalue weighted by Gasteiger charge is -2.34. The summed E-state index contributed by atoms with van der Waals surface area (Å²) >= 11 is 1.43. The van der Waals surface area contributed by atoms with Crippen LogP contribution >= 0.6 is 11.3 Å². The number of piperidine rings is 1. The van der Waals surface area contributed by atoms with Gasteiger partial charge in [-0.2, -0.15) is 0 Å². The molecule has 5 nitrogen and oxygen atoms in total. The summed E-state index contributed by atoms with van der Waals surface area (Å²) in [4.78, 5) is 18.9. The number of furan rings is 1. The van der Waals surface area contributed by atoms with E-state index in [-0.39, 0.29) is 11.9 Å². The molecule has 0 bridgehead atoms. The predicted molar refractivity (Wildman–Crippen MR) is 82.3 cm³/mol. The predicted octanol–water partition coefficient (Wildman–Crippen LogP) is 2.66. The zero-order valence-electron chi connectivity index (χ0n) is 12.0. The van der Waals surface area contributed by atoms with E-state index >= 15 is 0 Å². The summed E-state index contributed by atoms with van der Waals surface area (Å²) in [5.41, 5.74) is 6.27. The van der Waals surface area contributed by atoms with Crippen LogP contribution in [0.25, 0.3) is 10.8 Å². The van der Waals surface area contributed by atoms with Crippen LogP contribution in [0.5, 0.6) is 0 Å². The smallest absolute Gasteiger partial charge is 0.273 e. The molecule has 0 aliphatic carbocycles. The highest BCUT2D eigenvalue weighted by molar-refractivity contribution is 7.13. The van der Waals surface area contributed by atoms with E-state index in [2.05, 4.69) is 4.98 Å². The normalized spacial score (nSPS) is 19.0. The van der Waals surface area contributed by atoms with E-state index in [9.17, 15) is 4.79 Å². The van der Waals surface area contributed by atoms with Crippen molar-refractivity contribution in [3.05, 3.63) is 29.0 Å². The molecule has 1 aliphatic rings. The summed E-state index contributed by atoms with van der Waals surface area (Å²) in [6.45, 7) is 3.18. The van der Waals surface area contributed by atoms with Gasteiger partial charge in [0.25, 0.3) is 5.91 Å². The Morgan fingerprint density at radius 2 is 2.38 bits per heavy atom. The largest absolute Gasteiger partial charge is 0.459 e. The van der Waals surface area contributed by atoms with Crippen LogP contribution in [0.3, 0.4) is 0 Å². The quantitative estimate of drug-likeness (QED) is 0.946. The number of aryl methyl sites for hydroxylation is 1. The molecule has 6 heteroatoms. The van der Waals surface area contributed by atoms with Crippen molar-refractivity contribution in [2.24, 2.45) is 5.73 Å². The first-order valence-electron chi connectivity index (χ1n) is 7.22. The number of nitrogens with two attached hydrogens (primary N) is 1. The maximum Gasteiger partial charge on any atom is 0.273 e. The molecular weight excluding hydrogens is 286 g/mol. The van der Waals surface area contributed by atoms with Crippen LogP contribution in [-0.4, -0.2) is 34.9 Å². The number of nitrogens with zero attached hydrogens (tertiary/aromatic N) is 2. The second-order valence-corrected chi connectivity index (χ2v) is 6.19. The highest BCUT2D eigenvalue weighted by Gasteiger charge is 2.28. The highest BCUT2D eigenvalue weighted by Crippen LogP contribution is 2.27. The summed E-state index contributed by atoms with van der Waals surface area (Å²) in [6, 6.07) is 3.92. The molecule has 112 valence electrons. The molecule has 1 aliphatic heterocycles. The standard InChI is InChI=1S/C15H19N3O2S/c1-10-5-6-13(20-10)14-17-12(9-21-14)15(19)18-7-3-2-4-11(18)8-16/h5-6,9,11H,2-4,7-8,16H2,1H3. The van der Waals surface area contributed by atoms with Crippen molar-refractivity contribution < 1.29 is 9.21 Å². The third kappa shape index (κ3) is 2.87. The molecule has 0 spiro atoms. The van der Waals surface area contributed by atoms with Crippen LogP contribution < -0.4 is 5.73 Å². The zero-order chi connectivity index (χ0) is 14.8. The summed E-state index contributed by atoms with van der Waals surface area (Å²) < 4.78 is 5.55. The van der Waals surface area contributed by atoms with E-state index in [4.69, 9.17) is 10.2 Å². The van der Waals surface area contributed by atoms with Crippen molar-refractivity contribution in [3.63, 3.8) is 0 Å². The first kappa shape index (κ1) is 14.3. The lowest BCUT2D eigenvalue weighted by molar-refractivity contribution is 0.0618. The van der Waals surface area contributed by atoms with E-state index in [0.29, 0.717) is 18.0 Å². The van der Waals surface area contributed by atoms with Gasteiger partial charge in [-0.15, -0.1) is 11.3 Å². The number of amides is 1. The third-order valence-corrected chi connectivity index (χ3v) is 4.69. The van der Waals surface area contributed by atoms with E-state index < -0.39 is 0 Å². The fourth-order valence-corrected chi connectivity index (χ4v) is 3.45. The molecule has 2 N–H and O–H groups in total. The minimum atomic E-state index is -0.0177. The zero-order valence-corrected chi connectivity index (χ0v) is 12.9. The van der Waals surface area contributed by atoms with Gasteiger partial charge in [-0.1, -0.05) is 0 Å².